The number of hydrogen-bond acceptors (Lipinski definition) is 5. The number of nitrogens with zero attached hydrogens (tertiary/aromatic N) is 1. The number of rotatable bonds is 4. The SMILES string of the molecule is CN1CCCCC1C1C(=O)OC(OCc2ccccc2)C1N. The van der Waals surface area contributed by atoms with E-state index in [1.54, 1.807) is 0 Å². The first-order valence-electron chi connectivity index (χ1n) is 7.98. The number of ether oxygens (including phenoxy) is 2. The first kappa shape index (κ1) is 15.5. The van der Waals surface area contributed by atoms with Crippen molar-refractivity contribution in [3.05, 3.63) is 35.9 Å². The van der Waals surface area contributed by atoms with Crippen molar-refractivity contribution in [1.29, 1.82) is 0 Å². The first-order chi connectivity index (χ1) is 10.7. The van der Waals surface area contributed by atoms with Gasteiger partial charge in [-0.05, 0) is 32.0 Å². The number of nitrogens with two attached hydrogens (primary N) is 1. The molecule has 5 nitrogen and oxygen atoms in total. The zero-order chi connectivity index (χ0) is 15.5. The van der Waals surface area contributed by atoms with Crippen LogP contribution in [0.1, 0.15) is 24.8 Å². The lowest BCUT2D eigenvalue weighted by Crippen LogP contribution is -2.50. The molecule has 3 rings (SSSR count). The molecule has 4 atom stereocenters. The fraction of sp³-hybridized carbons (Fsp3) is 0.588. The second-order valence-corrected chi connectivity index (χ2v) is 6.25. The molecule has 2 heterocycles. The Kier molecular flexibility index (Phi) is 4.76. The van der Waals surface area contributed by atoms with Crippen LogP contribution in [-0.2, 0) is 20.9 Å². The van der Waals surface area contributed by atoms with Crippen molar-refractivity contribution in [3.8, 4) is 0 Å². The van der Waals surface area contributed by atoms with Gasteiger partial charge in [-0.25, -0.2) is 0 Å². The van der Waals surface area contributed by atoms with Gasteiger partial charge in [-0.2, -0.15) is 0 Å². The molecule has 0 spiro atoms. The van der Waals surface area contributed by atoms with Gasteiger partial charge in [0, 0.05) is 6.04 Å². The van der Waals surface area contributed by atoms with Crippen LogP contribution >= 0.6 is 0 Å². The summed E-state index contributed by atoms with van der Waals surface area (Å²) >= 11 is 0. The van der Waals surface area contributed by atoms with Gasteiger partial charge in [0.15, 0.2) is 0 Å². The molecule has 0 aromatic heterocycles. The molecule has 0 aliphatic carbocycles. The molecule has 2 saturated heterocycles. The average molecular weight is 304 g/mol. The van der Waals surface area contributed by atoms with Crippen LogP contribution in [-0.4, -0.2) is 42.8 Å². The molecule has 2 aliphatic rings. The molecule has 2 fully saturated rings. The molecule has 0 radical (unpaired) electrons. The maximum Gasteiger partial charge on any atom is 0.314 e. The van der Waals surface area contributed by atoms with Gasteiger partial charge in [0.05, 0.1) is 18.6 Å². The van der Waals surface area contributed by atoms with Gasteiger partial charge < -0.3 is 20.1 Å². The highest BCUT2D eigenvalue weighted by Gasteiger charge is 2.48. The second kappa shape index (κ2) is 6.77. The predicted molar refractivity (Wildman–Crippen MR) is 82.8 cm³/mol. The molecule has 2 N–H and O–H groups in total. The van der Waals surface area contributed by atoms with Gasteiger partial charge in [-0.3, -0.25) is 4.79 Å². The average Bonchev–Trinajstić information content (AvgIpc) is 2.81. The van der Waals surface area contributed by atoms with E-state index in [9.17, 15) is 4.79 Å². The summed E-state index contributed by atoms with van der Waals surface area (Å²) in [5.74, 6) is -0.504. The van der Waals surface area contributed by atoms with E-state index in [0.29, 0.717) is 6.61 Å². The Balaban J connectivity index is 1.62. The molecule has 0 amide bonds. The Morgan fingerprint density at radius 1 is 1.32 bits per heavy atom. The van der Waals surface area contributed by atoms with E-state index in [1.807, 2.05) is 30.3 Å². The molecular weight excluding hydrogens is 280 g/mol. The molecule has 120 valence electrons. The molecule has 22 heavy (non-hydrogen) atoms. The van der Waals surface area contributed by atoms with Gasteiger partial charge in [0.25, 0.3) is 0 Å². The molecule has 0 saturated carbocycles. The zero-order valence-electron chi connectivity index (χ0n) is 13.0. The van der Waals surface area contributed by atoms with E-state index in [2.05, 4.69) is 11.9 Å². The number of cyclic esters (lactones) is 1. The molecule has 5 heteroatoms. The first-order valence-corrected chi connectivity index (χ1v) is 7.98. The van der Waals surface area contributed by atoms with Crippen LogP contribution in [0.15, 0.2) is 30.3 Å². The Hall–Kier alpha value is -1.43. The molecule has 0 bridgehead atoms. The number of benzene rings is 1. The van der Waals surface area contributed by atoms with Crippen molar-refractivity contribution in [2.24, 2.45) is 11.7 Å². The van der Waals surface area contributed by atoms with Crippen LogP contribution in [0.25, 0.3) is 0 Å². The van der Waals surface area contributed by atoms with E-state index in [4.69, 9.17) is 15.2 Å². The van der Waals surface area contributed by atoms with Crippen molar-refractivity contribution in [2.75, 3.05) is 13.6 Å². The summed E-state index contributed by atoms with van der Waals surface area (Å²) in [7, 11) is 2.06. The smallest absolute Gasteiger partial charge is 0.314 e. The number of hydrogen-bond donors (Lipinski definition) is 1. The third-order valence-corrected chi connectivity index (χ3v) is 4.73. The van der Waals surface area contributed by atoms with Crippen molar-refractivity contribution in [3.63, 3.8) is 0 Å². The Bertz CT molecular complexity index is 508. The Morgan fingerprint density at radius 3 is 2.82 bits per heavy atom. The number of piperidine rings is 1. The zero-order valence-corrected chi connectivity index (χ0v) is 13.0. The summed E-state index contributed by atoms with van der Waals surface area (Å²) in [6.45, 7) is 1.41. The topological polar surface area (TPSA) is 64.8 Å². The lowest BCUT2D eigenvalue weighted by molar-refractivity contribution is -0.167. The normalized spacial score (nSPS) is 32.9. The molecular formula is C17H24N2O3. The molecule has 1 aromatic carbocycles. The highest BCUT2D eigenvalue weighted by Crippen LogP contribution is 2.31. The van der Waals surface area contributed by atoms with Crippen LogP contribution in [0.2, 0.25) is 0 Å². The third kappa shape index (κ3) is 3.16. The van der Waals surface area contributed by atoms with E-state index in [-0.39, 0.29) is 17.9 Å². The maximum atomic E-state index is 12.2. The number of likely N-dealkylation sites (tertiary alicyclic amines) is 1. The van der Waals surface area contributed by atoms with Crippen molar-refractivity contribution >= 4 is 5.97 Å². The maximum absolute atomic E-state index is 12.2. The van der Waals surface area contributed by atoms with Crippen molar-refractivity contribution in [1.82, 2.24) is 4.90 Å². The molecule has 4 unspecified atom stereocenters. The van der Waals surface area contributed by atoms with Crippen molar-refractivity contribution < 1.29 is 14.3 Å². The minimum absolute atomic E-state index is 0.168. The van der Waals surface area contributed by atoms with Crippen LogP contribution in [0.3, 0.4) is 0 Å². The van der Waals surface area contributed by atoms with Gasteiger partial charge in [0.2, 0.25) is 6.29 Å². The van der Waals surface area contributed by atoms with Gasteiger partial charge in [0.1, 0.15) is 0 Å². The Labute approximate surface area is 131 Å². The summed E-state index contributed by atoms with van der Waals surface area (Å²) < 4.78 is 11.1. The van der Waals surface area contributed by atoms with Crippen LogP contribution in [0.4, 0.5) is 0 Å². The highest BCUT2D eigenvalue weighted by molar-refractivity contribution is 5.76. The number of carbonyl (C=O) groups is 1. The second-order valence-electron chi connectivity index (χ2n) is 6.25. The minimum atomic E-state index is -0.645. The predicted octanol–water partition coefficient (Wildman–Crippen LogP) is 1.51. The number of carbonyl (C=O) groups excluding carboxylic acids is 1. The Morgan fingerprint density at radius 2 is 2.09 bits per heavy atom. The van der Waals surface area contributed by atoms with Gasteiger partial charge in [-0.15, -0.1) is 0 Å². The van der Waals surface area contributed by atoms with Crippen molar-refractivity contribution in [2.45, 2.75) is 44.2 Å². The molecule has 1 aromatic rings. The van der Waals surface area contributed by atoms with Gasteiger partial charge >= 0.3 is 5.97 Å². The standard InChI is InChI=1S/C17H24N2O3/c1-19-10-6-5-9-13(19)14-15(18)17(22-16(14)20)21-11-12-7-3-2-4-8-12/h2-4,7-8,13-15,17H,5-6,9-11,18H2,1H3. The lowest BCUT2D eigenvalue weighted by atomic mass is 9.87. The fourth-order valence-corrected chi connectivity index (χ4v) is 3.46. The monoisotopic (exact) mass is 304 g/mol. The fourth-order valence-electron chi connectivity index (χ4n) is 3.46. The van der Waals surface area contributed by atoms with Gasteiger partial charge in [-0.1, -0.05) is 36.8 Å². The number of esters is 1. The summed E-state index contributed by atoms with van der Waals surface area (Å²) in [6, 6.07) is 9.60. The van der Waals surface area contributed by atoms with E-state index in [0.717, 1.165) is 24.9 Å². The molecule has 2 aliphatic heterocycles. The van der Waals surface area contributed by atoms with E-state index < -0.39 is 12.3 Å². The quantitative estimate of drug-likeness (QED) is 0.854. The van der Waals surface area contributed by atoms with Crippen LogP contribution in [0, 0.1) is 5.92 Å². The largest absolute Gasteiger partial charge is 0.434 e. The minimum Gasteiger partial charge on any atom is -0.434 e. The van der Waals surface area contributed by atoms with Crippen LogP contribution < -0.4 is 5.73 Å². The van der Waals surface area contributed by atoms with E-state index >= 15 is 0 Å². The lowest BCUT2D eigenvalue weighted by Gasteiger charge is -2.36. The third-order valence-electron chi connectivity index (χ3n) is 4.73. The summed E-state index contributed by atoms with van der Waals surface area (Å²) in [6.07, 6.45) is 2.67. The summed E-state index contributed by atoms with van der Waals surface area (Å²) in [5.41, 5.74) is 7.32. The summed E-state index contributed by atoms with van der Waals surface area (Å²) in [4.78, 5) is 14.5. The van der Waals surface area contributed by atoms with Crippen LogP contribution in [0.5, 0.6) is 0 Å². The summed E-state index contributed by atoms with van der Waals surface area (Å²) in [5, 5.41) is 0. The van der Waals surface area contributed by atoms with E-state index in [1.165, 1.54) is 6.42 Å². The highest BCUT2D eigenvalue weighted by atomic mass is 16.7.